The molecule has 0 fully saturated rings. The molecular weight excluding hydrogens is 392 g/mol. The van der Waals surface area contributed by atoms with E-state index in [-0.39, 0.29) is 5.69 Å². The van der Waals surface area contributed by atoms with Crippen molar-refractivity contribution in [1.29, 1.82) is 0 Å². The van der Waals surface area contributed by atoms with Crippen LogP contribution in [0.3, 0.4) is 0 Å². The molecular formula is C22H21ClN2O4. The molecule has 0 atom stereocenters. The molecule has 0 aliphatic rings. The Morgan fingerprint density at radius 1 is 1.00 bits per heavy atom. The van der Waals surface area contributed by atoms with Crippen molar-refractivity contribution in [2.24, 2.45) is 0 Å². The van der Waals surface area contributed by atoms with E-state index in [1.165, 1.54) is 12.1 Å². The predicted octanol–water partition coefficient (Wildman–Crippen LogP) is 5.84. The lowest BCUT2D eigenvalue weighted by Crippen LogP contribution is -2.04. The van der Waals surface area contributed by atoms with E-state index in [4.69, 9.17) is 21.1 Å². The Labute approximate surface area is 174 Å². The first-order valence-electron chi connectivity index (χ1n) is 9.16. The highest BCUT2D eigenvalue weighted by atomic mass is 35.5. The van der Waals surface area contributed by atoms with E-state index < -0.39 is 4.92 Å². The number of nitro benzene ring substituents is 1. The van der Waals surface area contributed by atoms with E-state index in [1.807, 2.05) is 43.3 Å². The van der Waals surface area contributed by atoms with Crippen LogP contribution in [0.4, 0.5) is 11.4 Å². The summed E-state index contributed by atoms with van der Waals surface area (Å²) >= 11 is 6.15. The summed E-state index contributed by atoms with van der Waals surface area (Å²) in [6.45, 7) is 3.41. The minimum atomic E-state index is -0.422. The van der Waals surface area contributed by atoms with Gasteiger partial charge in [-0.05, 0) is 67.1 Å². The summed E-state index contributed by atoms with van der Waals surface area (Å²) in [7, 11) is 0. The van der Waals surface area contributed by atoms with E-state index in [2.05, 4.69) is 5.32 Å². The minimum Gasteiger partial charge on any atom is -0.494 e. The van der Waals surface area contributed by atoms with Gasteiger partial charge < -0.3 is 14.8 Å². The second-order valence-corrected chi connectivity index (χ2v) is 6.71. The molecule has 0 saturated heterocycles. The standard InChI is InChI=1S/C22H21ClN2O4/c1-2-28-21-10-6-19(7-11-21)24-14-17-13-18(23)5-12-22(17)29-15-16-3-8-20(9-4-16)25(26)27/h3-13,24H,2,14-15H2,1H3. The van der Waals surface area contributed by atoms with Crippen LogP contribution in [0.25, 0.3) is 0 Å². The summed E-state index contributed by atoms with van der Waals surface area (Å²) < 4.78 is 11.4. The fourth-order valence-corrected chi connectivity index (χ4v) is 2.93. The monoisotopic (exact) mass is 412 g/mol. The first-order valence-corrected chi connectivity index (χ1v) is 9.54. The van der Waals surface area contributed by atoms with Crippen molar-refractivity contribution >= 4 is 23.0 Å². The number of hydrogen-bond acceptors (Lipinski definition) is 5. The third-order valence-corrected chi connectivity index (χ3v) is 4.45. The highest BCUT2D eigenvalue weighted by Gasteiger charge is 2.08. The van der Waals surface area contributed by atoms with Gasteiger partial charge in [-0.2, -0.15) is 0 Å². The fraction of sp³-hybridized carbons (Fsp3) is 0.182. The molecule has 3 rings (SSSR count). The van der Waals surface area contributed by atoms with Gasteiger partial charge in [0.2, 0.25) is 0 Å². The number of halogens is 1. The quantitative estimate of drug-likeness (QED) is 0.353. The normalized spacial score (nSPS) is 10.4. The third-order valence-electron chi connectivity index (χ3n) is 4.21. The average Bonchev–Trinajstić information content (AvgIpc) is 2.73. The van der Waals surface area contributed by atoms with Crippen molar-refractivity contribution in [1.82, 2.24) is 0 Å². The number of non-ortho nitro benzene ring substituents is 1. The van der Waals surface area contributed by atoms with Gasteiger partial charge >= 0.3 is 0 Å². The summed E-state index contributed by atoms with van der Waals surface area (Å²) in [6, 6.07) is 19.5. The molecule has 0 aromatic heterocycles. The maximum atomic E-state index is 10.8. The summed E-state index contributed by atoms with van der Waals surface area (Å²) in [5.41, 5.74) is 2.76. The van der Waals surface area contributed by atoms with Crippen molar-refractivity contribution < 1.29 is 14.4 Å². The number of ether oxygens (including phenoxy) is 2. The second-order valence-electron chi connectivity index (χ2n) is 6.28. The molecule has 150 valence electrons. The summed E-state index contributed by atoms with van der Waals surface area (Å²) in [5.74, 6) is 1.53. The SMILES string of the molecule is CCOc1ccc(NCc2cc(Cl)ccc2OCc2ccc([N+](=O)[O-])cc2)cc1. The molecule has 1 N–H and O–H groups in total. The summed E-state index contributed by atoms with van der Waals surface area (Å²) in [6.07, 6.45) is 0. The van der Waals surface area contributed by atoms with E-state index >= 15 is 0 Å². The molecule has 0 radical (unpaired) electrons. The fourth-order valence-electron chi connectivity index (χ4n) is 2.73. The van der Waals surface area contributed by atoms with E-state index in [0.717, 1.165) is 22.6 Å². The number of anilines is 1. The molecule has 0 spiro atoms. The highest BCUT2D eigenvalue weighted by Crippen LogP contribution is 2.26. The first kappa shape index (κ1) is 20.5. The Hall–Kier alpha value is -3.25. The van der Waals surface area contributed by atoms with Crippen LogP contribution in [-0.4, -0.2) is 11.5 Å². The molecule has 0 saturated carbocycles. The van der Waals surface area contributed by atoms with Crippen molar-refractivity contribution in [3.63, 3.8) is 0 Å². The van der Waals surface area contributed by atoms with Crippen LogP contribution in [0.2, 0.25) is 5.02 Å². The molecule has 0 amide bonds. The second kappa shape index (κ2) is 9.80. The Kier molecular flexibility index (Phi) is 6.92. The topological polar surface area (TPSA) is 73.6 Å². The van der Waals surface area contributed by atoms with Gasteiger partial charge in [0.1, 0.15) is 18.1 Å². The Bertz CT molecular complexity index is 960. The van der Waals surface area contributed by atoms with Crippen molar-refractivity contribution in [2.75, 3.05) is 11.9 Å². The molecule has 0 bridgehead atoms. The predicted molar refractivity (Wildman–Crippen MR) is 114 cm³/mol. The van der Waals surface area contributed by atoms with Crippen LogP contribution in [0.5, 0.6) is 11.5 Å². The van der Waals surface area contributed by atoms with Gasteiger partial charge in [-0.15, -0.1) is 0 Å². The molecule has 6 nitrogen and oxygen atoms in total. The highest BCUT2D eigenvalue weighted by molar-refractivity contribution is 6.30. The van der Waals surface area contributed by atoms with E-state index in [0.29, 0.717) is 30.5 Å². The van der Waals surface area contributed by atoms with Crippen LogP contribution in [-0.2, 0) is 13.2 Å². The number of nitro groups is 1. The maximum Gasteiger partial charge on any atom is 0.269 e. The van der Waals surface area contributed by atoms with Crippen molar-refractivity contribution in [3.05, 3.63) is 93.0 Å². The van der Waals surface area contributed by atoms with Gasteiger partial charge in [0.25, 0.3) is 5.69 Å². The van der Waals surface area contributed by atoms with Crippen LogP contribution in [0, 0.1) is 10.1 Å². The molecule has 3 aromatic rings. The zero-order chi connectivity index (χ0) is 20.6. The van der Waals surface area contributed by atoms with Gasteiger partial charge in [-0.1, -0.05) is 11.6 Å². The van der Waals surface area contributed by atoms with Crippen LogP contribution in [0.1, 0.15) is 18.1 Å². The van der Waals surface area contributed by atoms with Gasteiger partial charge in [-0.25, -0.2) is 0 Å². The number of benzene rings is 3. The number of nitrogens with zero attached hydrogens (tertiary/aromatic N) is 1. The van der Waals surface area contributed by atoms with E-state index in [1.54, 1.807) is 18.2 Å². The first-order chi connectivity index (χ1) is 14.0. The van der Waals surface area contributed by atoms with E-state index in [9.17, 15) is 10.1 Å². The number of nitrogens with one attached hydrogen (secondary N) is 1. The zero-order valence-corrected chi connectivity index (χ0v) is 16.7. The lowest BCUT2D eigenvalue weighted by molar-refractivity contribution is -0.384. The zero-order valence-electron chi connectivity index (χ0n) is 15.9. The molecule has 0 aliphatic heterocycles. The smallest absolute Gasteiger partial charge is 0.269 e. The van der Waals surface area contributed by atoms with Crippen molar-refractivity contribution in [3.8, 4) is 11.5 Å². The largest absolute Gasteiger partial charge is 0.494 e. The van der Waals surface area contributed by atoms with Crippen LogP contribution < -0.4 is 14.8 Å². The Balaban J connectivity index is 1.64. The van der Waals surface area contributed by atoms with Gasteiger partial charge in [0, 0.05) is 35.0 Å². The van der Waals surface area contributed by atoms with Crippen LogP contribution in [0.15, 0.2) is 66.7 Å². The van der Waals surface area contributed by atoms with Gasteiger partial charge in [0.15, 0.2) is 0 Å². The molecule has 0 aliphatic carbocycles. The molecule has 29 heavy (non-hydrogen) atoms. The number of hydrogen-bond donors (Lipinski definition) is 1. The Morgan fingerprint density at radius 2 is 1.72 bits per heavy atom. The molecule has 3 aromatic carbocycles. The molecule has 0 heterocycles. The minimum absolute atomic E-state index is 0.0560. The third kappa shape index (κ3) is 5.86. The molecule has 7 heteroatoms. The summed E-state index contributed by atoms with van der Waals surface area (Å²) in [4.78, 5) is 10.3. The van der Waals surface area contributed by atoms with Crippen LogP contribution >= 0.6 is 11.6 Å². The lowest BCUT2D eigenvalue weighted by Gasteiger charge is -2.14. The lowest BCUT2D eigenvalue weighted by atomic mass is 10.2. The maximum absolute atomic E-state index is 10.8. The Morgan fingerprint density at radius 3 is 2.38 bits per heavy atom. The van der Waals surface area contributed by atoms with Gasteiger partial charge in [0.05, 0.1) is 11.5 Å². The molecule has 0 unspecified atom stereocenters. The van der Waals surface area contributed by atoms with Gasteiger partial charge in [-0.3, -0.25) is 10.1 Å². The van der Waals surface area contributed by atoms with Crippen molar-refractivity contribution in [2.45, 2.75) is 20.1 Å². The summed E-state index contributed by atoms with van der Waals surface area (Å²) in [5, 5.41) is 14.7. The number of rotatable bonds is 9. The average molecular weight is 413 g/mol.